The van der Waals surface area contributed by atoms with E-state index in [0.717, 1.165) is 5.56 Å². The Hall–Kier alpha value is -3.34. The van der Waals surface area contributed by atoms with E-state index in [1.807, 2.05) is 31.2 Å². The number of Topliss-reactive ketones (excluding diaryl/α,β-unsaturated/α-hetero) is 1. The summed E-state index contributed by atoms with van der Waals surface area (Å²) in [7, 11) is 1.32. The third kappa shape index (κ3) is 4.59. The Morgan fingerprint density at radius 1 is 1.06 bits per heavy atom. The van der Waals surface area contributed by atoms with Gasteiger partial charge in [0.05, 0.1) is 35.2 Å². The predicted molar refractivity (Wildman–Crippen MR) is 141 cm³/mol. The number of methoxy groups -OCH3 is 1. The number of allylic oxidation sites excluding steroid dienone is 2. The van der Waals surface area contributed by atoms with Crippen molar-refractivity contribution in [1.82, 2.24) is 5.32 Å². The molecule has 0 spiro atoms. The molecule has 0 saturated heterocycles. The van der Waals surface area contributed by atoms with E-state index >= 15 is 0 Å². The van der Waals surface area contributed by atoms with Crippen LogP contribution in [-0.2, 0) is 19.1 Å². The first-order valence-corrected chi connectivity index (χ1v) is 12.6. The van der Waals surface area contributed by atoms with E-state index in [9.17, 15) is 14.4 Å². The van der Waals surface area contributed by atoms with Crippen LogP contribution < -0.4 is 14.8 Å². The number of nitrogens with one attached hydrogen (secondary N) is 1. The minimum Gasteiger partial charge on any atom is -0.490 e. The van der Waals surface area contributed by atoms with Crippen LogP contribution in [0.25, 0.3) is 5.70 Å². The largest absolute Gasteiger partial charge is 0.490 e. The number of carbonyl (C=O) groups excluding carboxylic acids is 3. The highest BCUT2D eigenvalue weighted by molar-refractivity contribution is 14.1. The van der Waals surface area contributed by atoms with E-state index in [1.54, 1.807) is 26.0 Å². The number of benzene rings is 2. The molecular formula is C27H26INO7. The van der Waals surface area contributed by atoms with E-state index < -0.39 is 17.9 Å². The number of hydrogen-bond donors (Lipinski definition) is 1. The summed E-state index contributed by atoms with van der Waals surface area (Å²) in [6, 6.07) is 10.9. The molecule has 2 aliphatic rings. The van der Waals surface area contributed by atoms with E-state index in [-0.39, 0.29) is 19.0 Å². The van der Waals surface area contributed by atoms with Gasteiger partial charge in [-0.3, -0.25) is 4.79 Å². The number of esters is 2. The van der Waals surface area contributed by atoms with Crippen LogP contribution in [-0.4, -0.2) is 44.7 Å². The SMILES string of the molecule is CCOC(=O)COc1c(I)cc([C@H]2C(C(=O)OC)=C(C)NC3=C2C(=O)c2ccccc23)cc1OCC. The van der Waals surface area contributed by atoms with Gasteiger partial charge in [-0.25, -0.2) is 9.59 Å². The molecule has 1 aliphatic carbocycles. The van der Waals surface area contributed by atoms with Gasteiger partial charge in [0.2, 0.25) is 0 Å². The molecule has 1 aliphatic heterocycles. The predicted octanol–water partition coefficient (Wildman–Crippen LogP) is 4.37. The molecular weight excluding hydrogens is 577 g/mol. The third-order valence-electron chi connectivity index (χ3n) is 5.96. The van der Waals surface area contributed by atoms with Crippen molar-refractivity contribution in [3.63, 3.8) is 0 Å². The molecule has 36 heavy (non-hydrogen) atoms. The molecule has 0 fully saturated rings. The van der Waals surface area contributed by atoms with Crippen molar-refractivity contribution in [2.75, 3.05) is 26.9 Å². The number of ether oxygens (including phenoxy) is 4. The molecule has 0 radical (unpaired) electrons. The molecule has 188 valence electrons. The Kier molecular flexibility index (Phi) is 7.67. The van der Waals surface area contributed by atoms with Crippen molar-refractivity contribution in [3.05, 3.63) is 73.5 Å². The Balaban J connectivity index is 1.86. The number of fused-ring (bicyclic) bond motifs is 2. The van der Waals surface area contributed by atoms with Gasteiger partial charge in [-0.1, -0.05) is 24.3 Å². The van der Waals surface area contributed by atoms with Gasteiger partial charge in [0, 0.05) is 28.3 Å². The van der Waals surface area contributed by atoms with Gasteiger partial charge in [0.15, 0.2) is 23.9 Å². The summed E-state index contributed by atoms with van der Waals surface area (Å²) in [4.78, 5) is 38.4. The van der Waals surface area contributed by atoms with Crippen molar-refractivity contribution >= 4 is 46.0 Å². The van der Waals surface area contributed by atoms with Gasteiger partial charge >= 0.3 is 11.9 Å². The number of dihydropyridines is 1. The lowest BCUT2D eigenvalue weighted by atomic mass is 9.79. The second kappa shape index (κ2) is 10.7. The zero-order valence-corrected chi connectivity index (χ0v) is 22.6. The molecule has 0 aromatic heterocycles. The van der Waals surface area contributed by atoms with Gasteiger partial charge in [-0.05, 0) is 61.1 Å². The number of hydrogen-bond acceptors (Lipinski definition) is 8. The van der Waals surface area contributed by atoms with Crippen LogP contribution >= 0.6 is 22.6 Å². The topological polar surface area (TPSA) is 100 Å². The summed E-state index contributed by atoms with van der Waals surface area (Å²) >= 11 is 2.09. The van der Waals surface area contributed by atoms with Crippen molar-refractivity contribution in [3.8, 4) is 11.5 Å². The Labute approximate surface area is 222 Å². The zero-order chi connectivity index (χ0) is 26.0. The maximum absolute atomic E-state index is 13.6. The minimum absolute atomic E-state index is 0.150. The second-order valence-corrected chi connectivity index (χ2v) is 9.27. The van der Waals surface area contributed by atoms with Crippen LogP contribution in [0.4, 0.5) is 0 Å². The van der Waals surface area contributed by atoms with Gasteiger partial charge in [0.25, 0.3) is 0 Å². The number of halogens is 1. The smallest absolute Gasteiger partial charge is 0.344 e. The molecule has 8 nitrogen and oxygen atoms in total. The summed E-state index contributed by atoms with van der Waals surface area (Å²) < 4.78 is 22.3. The first kappa shape index (κ1) is 25.7. The summed E-state index contributed by atoms with van der Waals surface area (Å²) in [6.07, 6.45) is 0. The van der Waals surface area contributed by atoms with Crippen LogP contribution in [0.1, 0.15) is 48.2 Å². The van der Waals surface area contributed by atoms with Crippen molar-refractivity contribution in [2.24, 2.45) is 0 Å². The first-order valence-electron chi connectivity index (χ1n) is 11.5. The van der Waals surface area contributed by atoms with Crippen LogP contribution in [0, 0.1) is 3.57 Å². The molecule has 0 amide bonds. The summed E-state index contributed by atoms with van der Waals surface area (Å²) in [5.41, 5.74) is 4.14. The Morgan fingerprint density at radius 2 is 1.78 bits per heavy atom. The van der Waals surface area contributed by atoms with Gasteiger partial charge in [-0.2, -0.15) is 0 Å². The minimum atomic E-state index is -0.694. The van der Waals surface area contributed by atoms with E-state index in [4.69, 9.17) is 18.9 Å². The maximum atomic E-state index is 13.6. The van der Waals surface area contributed by atoms with E-state index in [2.05, 4.69) is 27.9 Å². The monoisotopic (exact) mass is 603 g/mol. The molecule has 1 N–H and O–H groups in total. The van der Waals surface area contributed by atoms with Crippen LogP contribution in [0.2, 0.25) is 0 Å². The summed E-state index contributed by atoms with van der Waals surface area (Å²) in [5.74, 6) is -1.08. The molecule has 1 atom stereocenters. The molecule has 9 heteroatoms. The molecule has 4 rings (SSSR count). The second-order valence-electron chi connectivity index (χ2n) is 8.11. The van der Waals surface area contributed by atoms with Gasteiger partial charge in [-0.15, -0.1) is 0 Å². The Morgan fingerprint density at radius 3 is 2.44 bits per heavy atom. The normalized spacial score (nSPS) is 16.2. The number of ketones is 1. The summed E-state index contributed by atoms with van der Waals surface area (Å²) in [6.45, 7) is 5.68. The van der Waals surface area contributed by atoms with E-state index in [0.29, 0.717) is 55.3 Å². The molecule has 0 bridgehead atoms. The van der Waals surface area contributed by atoms with Crippen molar-refractivity contribution in [1.29, 1.82) is 0 Å². The van der Waals surface area contributed by atoms with Gasteiger partial charge < -0.3 is 24.3 Å². The fourth-order valence-electron chi connectivity index (χ4n) is 4.53. The average molecular weight is 603 g/mol. The number of carbonyl (C=O) groups is 3. The lowest BCUT2D eigenvalue weighted by Gasteiger charge is -2.29. The summed E-state index contributed by atoms with van der Waals surface area (Å²) in [5, 5.41) is 3.27. The fourth-order valence-corrected chi connectivity index (χ4v) is 5.32. The molecule has 1 heterocycles. The average Bonchev–Trinajstić information content (AvgIpc) is 3.14. The van der Waals surface area contributed by atoms with E-state index in [1.165, 1.54) is 7.11 Å². The lowest BCUT2D eigenvalue weighted by molar-refractivity contribution is -0.145. The highest BCUT2D eigenvalue weighted by Gasteiger charge is 2.43. The lowest BCUT2D eigenvalue weighted by Crippen LogP contribution is -2.29. The van der Waals surface area contributed by atoms with Crippen molar-refractivity contribution < 1.29 is 33.3 Å². The van der Waals surface area contributed by atoms with Crippen LogP contribution in [0.3, 0.4) is 0 Å². The highest BCUT2D eigenvalue weighted by Crippen LogP contribution is 2.48. The molecule has 0 unspecified atom stereocenters. The fraction of sp³-hybridized carbons (Fsp3) is 0.296. The maximum Gasteiger partial charge on any atom is 0.344 e. The number of rotatable bonds is 8. The third-order valence-corrected chi connectivity index (χ3v) is 6.76. The Bertz CT molecular complexity index is 1310. The highest BCUT2D eigenvalue weighted by atomic mass is 127. The zero-order valence-electron chi connectivity index (χ0n) is 20.4. The van der Waals surface area contributed by atoms with Crippen LogP contribution in [0.5, 0.6) is 11.5 Å². The standard InChI is InChI=1S/C27H26INO7/c1-5-34-19-12-15(11-18(28)26(19)36-13-20(30)35-6-2)22-21(27(32)33-4)14(3)29-24-16-9-7-8-10-17(16)25(31)23(22)24/h7-12,22,29H,5-6,13H2,1-4H3/t22-/m0/s1. The molecule has 2 aromatic carbocycles. The first-order chi connectivity index (χ1) is 17.3. The quantitative estimate of drug-likeness (QED) is 0.351. The van der Waals surface area contributed by atoms with Crippen LogP contribution in [0.15, 0.2) is 53.2 Å². The molecule has 0 saturated carbocycles. The van der Waals surface area contributed by atoms with Gasteiger partial charge in [0.1, 0.15) is 0 Å². The molecule has 2 aromatic rings. The van der Waals surface area contributed by atoms with Crippen molar-refractivity contribution in [2.45, 2.75) is 26.7 Å².